The number of anilines is 1. The zero-order valence-corrected chi connectivity index (χ0v) is 14.8. The Morgan fingerprint density at radius 2 is 1.74 bits per heavy atom. The van der Waals surface area contributed by atoms with Crippen molar-refractivity contribution < 1.29 is 19.6 Å². The van der Waals surface area contributed by atoms with Gasteiger partial charge in [0.15, 0.2) is 0 Å². The van der Waals surface area contributed by atoms with Gasteiger partial charge in [0.1, 0.15) is 11.1 Å². The van der Waals surface area contributed by atoms with Crippen LogP contribution < -0.4 is 10.6 Å². The number of carbonyl (C=O) groups is 2. The second kappa shape index (κ2) is 8.79. The fourth-order valence-electron chi connectivity index (χ4n) is 2.81. The third kappa shape index (κ3) is 4.60. The summed E-state index contributed by atoms with van der Waals surface area (Å²) < 4.78 is 0. The summed E-state index contributed by atoms with van der Waals surface area (Å²) in [6.07, 6.45) is 0.296. The van der Waals surface area contributed by atoms with Gasteiger partial charge in [-0.05, 0) is 18.1 Å². The number of carbonyl (C=O) groups excluding carboxylic acids is 1. The van der Waals surface area contributed by atoms with E-state index in [0.29, 0.717) is 12.0 Å². The number of nitrogens with zero attached hydrogens (tertiary/aromatic N) is 1. The van der Waals surface area contributed by atoms with E-state index in [4.69, 9.17) is 0 Å². The summed E-state index contributed by atoms with van der Waals surface area (Å²) >= 11 is 0. The van der Waals surface area contributed by atoms with Gasteiger partial charge < -0.3 is 15.7 Å². The van der Waals surface area contributed by atoms with Crippen LogP contribution in [0.3, 0.4) is 0 Å². The van der Waals surface area contributed by atoms with Gasteiger partial charge in [0.05, 0.1) is 11.5 Å². The van der Waals surface area contributed by atoms with Gasteiger partial charge in [0.25, 0.3) is 5.69 Å². The molecule has 0 aromatic heterocycles. The Labute approximate surface area is 156 Å². The van der Waals surface area contributed by atoms with Crippen LogP contribution in [-0.2, 0) is 15.0 Å². The maximum atomic E-state index is 12.2. The number of nitro benzene ring substituents is 1. The Bertz CT molecular complexity index is 825. The maximum absolute atomic E-state index is 12.2. The van der Waals surface area contributed by atoms with Crippen LogP contribution in [0.15, 0.2) is 54.6 Å². The molecule has 8 heteroatoms. The summed E-state index contributed by atoms with van der Waals surface area (Å²) in [5.74, 6) is -1.48. The Morgan fingerprint density at radius 3 is 2.33 bits per heavy atom. The lowest BCUT2D eigenvalue weighted by Crippen LogP contribution is -2.47. The molecular weight excluding hydrogens is 350 g/mol. The Morgan fingerprint density at radius 1 is 1.11 bits per heavy atom. The average Bonchev–Trinajstić information content (AvgIpc) is 2.68. The molecule has 2 rings (SSSR count). The van der Waals surface area contributed by atoms with Crippen molar-refractivity contribution in [3.8, 4) is 0 Å². The quantitative estimate of drug-likeness (QED) is 0.460. The molecular formula is C19H21N3O5. The van der Waals surface area contributed by atoms with Crippen LogP contribution in [-0.4, -0.2) is 35.0 Å². The molecule has 27 heavy (non-hydrogen) atoms. The predicted molar refractivity (Wildman–Crippen MR) is 101 cm³/mol. The minimum atomic E-state index is -1.24. The molecule has 3 N–H and O–H groups in total. The number of carboxylic acid groups (broad SMARTS) is 1. The first-order valence-electron chi connectivity index (χ1n) is 8.43. The smallest absolute Gasteiger partial charge is 0.315 e. The standard InChI is InChI=1S/C19H21N3O5/c1-2-19(18(24)25,14-8-4-3-5-9-14)13-21-17(23)12-20-15-10-6-7-11-16(15)22(26)27/h3-11,20H,2,12-13H2,1H3,(H,21,23)(H,24,25). The number of hydrogen-bond donors (Lipinski definition) is 3. The molecule has 0 aliphatic rings. The highest BCUT2D eigenvalue weighted by Crippen LogP contribution is 2.28. The molecule has 0 heterocycles. The van der Waals surface area contributed by atoms with Gasteiger partial charge in [-0.1, -0.05) is 49.4 Å². The van der Waals surface area contributed by atoms with Gasteiger partial charge in [-0.3, -0.25) is 19.7 Å². The first-order chi connectivity index (χ1) is 12.9. The summed E-state index contributed by atoms with van der Waals surface area (Å²) in [4.78, 5) is 34.6. The fraction of sp³-hybridized carbons (Fsp3) is 0.263. The number of para-hydroxylation sites is 2. The fourth-order valence-corrected chi connectivity index (χ4v) is 2.81. The van der Waals surface area contributed by atoms with E-state index in [0.717, 1.165) is 0 Å². The molecule has 0 saturated heterocycles. The second-order valence-electron chi connectivity index (χ2n) is 6.01. The third-order valence-corrected chi connectivity index (χ3v) is 4.47. The number of aliphatic carboxylic acids is 1. The first-order valence-corrected chi connectivity index (χ1v) is 8.43. The van der Waals surface area contributed by atoms with Crippen LogP contribution in [0.2, 0.25) is 0 Å². The van der Waals surface area contributed by atoms with Crippen molar-refractivity contribution in [1.29, 1.82) is 0 Å². The molecule has 0 bridgehead atoms. The zero-order chi connectivity index (χ0) is 19.9. The van der Waals surface area contributed by atoms with Gasteiger partial charge in [0.2, 0.25) is 5.91 Å². The van der Waals surface area contributed by atoms with Crippen molar-refractivity contribution in [3.63, 3.8) is 0 Å². The van der Waals surface area contributed by atoms with E-state index < -0.39 is 22.2 Å². The normalized spacial score (nSPS) is 12.6. The van der Waals surface area contributed by atoms with Crippen LogP contribution in [0.4, 0.5) is 11.4 Å². The number of benzene rings is 2. The monoisotopic (exact) mass is 371 g/mol. The van der Waals surface area contributed by atoms with Gasteiger partial charge in [-0.15, -0.1) is 0 Å². The average molecular weight is 371 g/mol. The summed E-state index contributed by atoms with van der Waals surface area (Å²) in [5, 5.41) is 26.1. The highest BCUT2D eigenvalue weighted by molar-refractivity contribution is 5.85. The largest absolute Gasteiger partial charge is 0.481 e. The maximum Gasteiger partial charge on any atom is 0.315 e. The number of rotatable bonds is 9. The lowest BCUT2D eigenvalue weighted by Gasteiger charge is -2.29. The molecule has 142 valence electrons. The molecule has 0 saturated carbocycles. The summed E-state index contributed by atoms with van der Waals surface area (Å²) in [6, 6.07) is 14.7. The van der Waals surface area contributed by atoms with Crippen LogP contribution >= 0.6 is 0 Å². The Hall–Kier alpha value is -3.42. The first kappa shape index (κ1) is 19.9. The third-order valence-electron chi connectivity index (χ3n) is 4.47. The highest BCUT2D eigenvalue weighted by Gasteiger charge is 2.38. The number of hydrogen-bond acceptors (Lipinski definition) is 5. The van der Waals surface area contributed by atoms with Crippen LogP contribution in [0.25, 0.3) is 0 Å². The van der Waals surface area contributed by atoms with Crippen molar-refractivity contribution in [1.82, 2.24) is 5.32 Å². The molecule has 0 spiro atoms. The molecule has 2 aromatic rings. The van der Waals surface area contributed by atoms with E-state index in [1.54, 1.807) is 43.3 Å². The minimum absolute atomic E-state index is 0.0831. The predicted octanol–water partition coefficient (Wildman–Crippen LogP) is 2.56. The molecule has 1 unspecified atom stereocenters. The summed E-state index contributed by atoms with van der Waals surface area (Å²) in [7, 11) is 0. The molecule has 0 aliphatic heterocycles. The van der Waals surface area contributed by atoms with Crippen molar-refractivity contribution >= 4 is 23.3 Å². The van der Waals surface area contributed by atoms with Crippen LogP contribution in [0.1, 0.15) is 18.9 Å². The number of nitrogens with one attached hydrogen (secondary N) is 2. The summed E-state index contributed by atoms with van der Waals surface area (Å²) in [5.41, 5.74) is -0.550. The molecule has 1 atom stereocenters. The van der Waals surface area contributed by atoms with Gasteiger partial charge in [-0.25, -0.2) is 0 Å². The van der Waals surface area contributed by atoms with Crippen LogP contribution in [0.5, 0.6) is 0 Å². The molecule has 8 nitrogen and oxygen atoms in total. The lowest BCUT2D eigenvalue weighted by molar-refractivity contribution is -0.383. The molecule has 1 amide bonds. The van der Waals surface area contributed by atoms with E-state index in [1.165, 1.54) is 18.2 Å². The zero-order valence-electron chi connectivity index (χ0n) is 14.8. The SMILES string of the molecule is CCC(CNC(=O)CNc1ccccc1[N+](=O)[O-])(C(=O)O)c1ccccc1. The lowest BCUT2D eigenvalue weighted by atomic mass is 9.78. The number of nitro groups is 1. The molecule has 2 aromatic carbocycles. The topological polar surface area (TPSA) is 122 Å². The minimum Gasteiger partial charge on any atom is -0.481 e. The van der Waals surface area contributed by atoms with Crippen LogP contribution in [0, 0.1) is 10.1 Å². The van der Waals surface area contributed by atoms with Crippen molar-refractivity contribution in [2.45, 2.75) is 18.8 Å². The van der Waals surface area contributed by atoms with Gasteiger partial charge in [-0.2, -0.15) is 0 Å². The summed E-state index contributed by atoms with van der Waals surface area (Å²) in [6.45, 7) is 1.46. The number of carboxylic acids is 1. The molecule has 0 aliphatic carbocycles. The van der Waals surface area contributed by atoms with Crippen molar-refractivity contribution in [3.05, 3.63) is 70.3 Å². The Kier molecular flexibility index (Phi) is 6.48. The van der Waals surface area contributed by atoms with Crippen molar-refractivity contribution in [2.75, 3.05) is 18.4 Å². The van der Waals surface area contributed by atoms with E-state index in [2.05, 4.69) is 10.6 Å². The Balaban J connectivity index is 2.05. The van der Waals surface area contributed by atoms with E-state index in [9.17, 15) is 24.8 Å². The molecule has 0 radical (unpaired) electrons. The van der Waals surface area contributed by atoms with Gasteiger partial charge in [0, 0.05) is 12.6 Å². The van der Waals surface area contributed by atoms with E-state index >= 15 is 0 Å². The highest BCUT2D eigenvalue weighted by atomic mass is 16.6. The van der Waals surface area contributed by atoms with Crippen molar-refractivity contribution in [2.24, 2.45) is 0 Å². The molecule has 0 fully saturated rings. The van der Waals surface area contributed by atoms with Gasteiger partial charge >= 0.3 is 5.97 Å². The second-order valence-corrected chi connectivity index (χ2v) is 6.01. The van der Waals surface area contributed by atoms with E-state index in [-0.39, 0.29) is 24.5 Å². The van der Waals surface area contributed by atoms with E-state index in [1.807, 2.05) is 0 Å². The number of amides is 1.